The van der Waals surface area contributed by atoms with Crippen molar-refractivity contribution in [3.63, 3.8) is 0 Å². The molecule has 0 aromatic rings. The average molecular weight is 247 g/mol. The van der Waals surface area contributed by atoms with Crippen molar-refractivity contribution in [3.8, 4) is 0 Å². The monoisotopic (exact) mass is 247 g/mol. The predicted molar refractivity (Wildman–Crippen MR) is 51.0 cm³/mol. The molecule has 0 rings (SSSR count). The summed E-state index contributed by atoms with van der Waals surface area (Å²) in [7, 11) is -9.17. The average Bonchev–Trinajstić information content (AvgIpc) is 1.79. The van der Waals surface area contributed by atoms with Crippen molar-refractivity contribution in [3.05, 3.63) is 0 Å². The normalized spacial score (nSPS) is 20.2. The number of hydrogen-bond acceptors (Lipinski definition) is 3. The van der Waals surface area contributed by atoms with Crippen molar-refractivity contribution in [1.82, 2.24) is 0 Å². The molecular weight excluding hydrogens is 232 g/mol. The standard InChI is InChI=1S/C5H15NO6P2/c1-4(6)5(2,14(10,11)12)3-13(7,8)9/h4H,3,6H2,1-2H3,(H2,7,8,9)(H2,10,11,12). The molecule has 0 aliphatic carbocycles. The van der Waals surface area contributed by atoms with E-state index in [0.717, 1.165) is 6.92 Å². The molecule has 0 saturated carbocycles. The molecule has 0 amide bonds. The van der Waals surface area contributed by atoms with Gasteiger partial charge < -0.3 is 25.3 Å². The van der Waals surface area contributed by atoms with Gasteiger partial charge in [0, 0.05) is 6.04 Å². The zero-order chi connectivity index (χ0) is 11.8. The summed E-state index contributed by atoms with van der Waals surface area (Å²) in [6, 6.07) is -1.02. The van der Waals surface area contributed by atoms with Crippen LogP contribution in [0, 0.1) is 0 Å². The van der Waals surface area contributed by atoms with Gasteiger partial charge in [0.15, 0.2) is 0 Å². The molecule has 0 fully saturated rings. The summed E-state index contributed by atoms with van der Waals surface area (Å²) in [5.41, 5.74) is 5.33. The van der Waals surface area contributed by atoms with Crippen LogP contribution in [0.25, 0.3) is 0 Å². The highest BCUT2D eigenvalue weighted by Gasteiger charge is 2.49. The molecule has 0 aromatic carbocycles. The van der Waals surface area contributed by atoms with Crippen molar-refractivity contribution >= 4 is 15.2 Å². The molecule has 9 heteroatoms. The van der Waals surface area contributed by atoms with E-state index in [1.54, 1.807) is 0 Å². The minimum Gasteiger partial charge on any atom is -0.327 e. The van der Waals surface area contributed by atoms with Gasteiger partial charge in [-0.3, -0.25) is 9.13 Å². The fourth-order valence-electron chi connectivity index (χ4n) is 0.918. The minimum atomic E-state index is -4.66. The first kappa shape index (κ1) is 14.3. The van der Waals surface area contributed by atoms with Crippen LogP contribution in [0.4, 0.5) is 0 Å². The van der Waals surface area contributed by atoms with Crippen LogP contribution in [-0.4, -0.2) is 36.9 Å². The van der Waals surface area contributed by atoms with Gasteiger partial charge in [0.25, 0.3) is 0 Å². The third-order valence-electron chi connectivity index (χ3n) is 2.17. The van der Waals surface area contributed by atoms with E-state index in [1.165, 1.54) is 6.92 Å². The summed E-state index contributed by atoms with van der Waals surface area (Å²) in [6.45, 7) is 2.37. The molecule has 0 aliphatic rings. The molecule has 0 aliphatic heterocycles. The van der Waals surface area contributed by atoms with E-state index in [9.17, 15) is 9.13 Å². The second kappa shape index (κ2) is 4.02. The maximum absolute atomic E-state index is 11.0. The van der Waals surface area contributed by atoms with Crippen LogP contribution < -0.4 is 5.73 Å². The van der Waals surface area contributed by atoms with Crippen LogP contribution >= 0.6 is 15.2 Å². The van der Waals surface area contributed by atoms with E-state index in [2.05, 4.69) is 0 Å². The lowest BCUT2D eigenvalue weighted by molar-refractivity contribution is 0.308. The lowest BCUT2D eigenvalue weighted by Gasteiger charge is -2.33. The van der Waals surface area contributed by atoms with Gasteiger partial charge in [-0.2, -0.15) is 0 Å². The second-order valence-electron chi connectivity index (χ2n) is 3.51. The van der Waals surface area contributed by atoms with Crippen LogP contribution in [0.15, 0.2) is 0 Å². The molecule has 14 heavy (non-hydrogen) atoms. The fraction of sp³-hybridized carbons (Fsp3) is 1.00. The Labute approximate surface area is 81.6 Å². The molecule has 0 spiro atoms. The first-order valence-electron chi connectivity index (χ1n) is 3.76. The van der Waals surface area contributed by atoms with Gasteiger partial charge >= 0.3 is 15.2 Å². The highest BCUT2D eigenvalue weighted by Crippen LogP contribution is 2.57. The van der Waals surface area contributed by atoms with Gasteiger partial charge in [-0.1, -0.05) is 0 Å². The lowest BCUT2D eigenvalue weighted by atomic mass is 10.1. The first-order valence-corrected chi connectivity index (χ1v) is 7.17. The molecule has 86 valence electrons. The number of hydrogen-bond donors (Lipinski definition) is 5. The van der Waals surface area contributed by atoms with Crippen LogP contribution in [0.5, 0.6) is 0 Å². The number of nitrogens with two attached hydrogens (primary N) is 1. The van der Waals surface area contributed by atoms with Crippen molar-refractivity contribution in [2.75, 3.05) is 6.16 Å². The smallest absolute Gasteiger partial charge is 0.327 e. The Bertz CT molecular complexity index is 293. The molecule has 0 bridgehead atoms. The van der Waals surface area contributed by atoms with E-state index in [4.69, 9.17) is 25.3 Å². The Morgan fingerprint density at radius 1 is 1.29 bits per heavy atom. The Morgan fingerprint density at radius 3 is 1.71 bits per heavy atom. The highest BCUT2D eigenvalue weighted by molar-refractivity contribution is 7.57. The molecule has 0 saturated heterocycles. The zero-order valence-electron chi connectivity index (χ0n) is 7.86. The fourth-order valence-corrected chi connectivity index (χ4v) is 3.86. The van der Waals surface area contributed by atoms with Crippen molar-refractivity contribution < 1.29 is 28.7 Å². The van der Waals surface area contributed by atoms with Crippen molar-refractivity contribution in [2.45, 2.75) is 25.0 Å². The van der Waals surface area contributed by atoms with Crippen LogP contribution in [0.1, 0.15) is 13.8 Å². The Kier molecular flexibility index (Phi) is 4.10. The van der Waals surface area contributed by atoms with Gasteiger partial charge in [0.05, 0.1) is 11.3 Å². The van der Waals surface area contributed by atoms with E-state index in [-0.39, 0.29) is 0 Å². The van der Waals surface area contributed by atoms with Crippen molar-refractivity contribution in [2.24, 2.45) is 5.73 Å². The van der Waals surface area contributed by atoms with E-state index >= 15 is 0 Å². The van der Waals surface area contributed by atoms with Crippen molar-refractivity contribution in [1.29, 1.82) is 0 Å². The molecule has 6 N–H and O–H groups in total. The second-order valence-corrected chi connectivity index (χ2v) is 7.27. The van der Waals surface area contributed by atoms with Gasteiger partial charge in [-0.05, 0) is 13.8 Å². The first-order chi connectivity index (χ1) is 5.90. The van der Waals surface area contributed by atoms with E-state index < -0.39 is 32.6 Å². The SMILES string of the molecule is CC(N)C(C)(CP(=O)(O)O)P(=O)(O)O. The van der Waals surface area contributed by atoms with Gasteiger partial charge in [0.1, 0.15) is 0 Å². The largest absolute Gasteiger partial charge is 0.333 e. The molecule has 0 aromatic heterocycles. The summed E-state index contributed by atoms with van der Waals surface area (Å²) in [5, 5.41) is -1.90. The Balaban J connectivity index is 5.15. The molecule has 2 unspecified atom stereocenters. The third kappa shape index (κ3) is 3.44. The minimum absolute atomic E-state index is 0.929. The van der Waals surface area contributed by atoms with Gasteiger partial charge in [-0.15, -0.1) is 0 Å². The van der Waals surface area contributed by atoms with Gasteiger partial charge in [0.2, 0.25) is 0 Å². The van der Waals surface area contributed by atoms with Crippen LogP contribution in [0.2, 0.25) is 0 Å². The summed E-state index contributed by atoms with van der Waals surface area (Å²) < 4.78 is 21.7. The Hall–Kier alpha value is 0.260. The van der Waals surface area contributed by atoms with Gasteiger partial charge in [-0.25, -0.2) is 0 Å². The maximum atomic E-state index is 11.0. The quantitative estimate of drug-likeness (QED) is 0.419. The lowest BCUT2D eigenvalue weighted by Crippen LogP contribution is -2.46. The molecule has 0 heterocycles. The third-order valence-corrected chi connectivity index (χ3v) is 5.39. The topological polar surface area (TPSA) is 141 Å². The highest BCUT2D eigenvalue weighted by atomic mass is 31.2. The molecule has 2 atom stereocenters. The summed E-state index contributed by atoms with van der Waals surface area (Å²) in [5.74, 6) is 0. The van der Waals surface area contributed by atoms with E-state index in [1.807, 2.05) is 0 Å². The summed E-state index contributed by atoms with van der Waals surface area (Å²) in [4.78, 5) is 35.3. The van der Waals surface area contributed by atoms with E-state index in [0.29, 0.717) is 0 Å². The molecule has 7 nitrogen and oxygen atoms in total. The number of rotatable bonds is 4. The molecular formula is C5H15NO6P2. The molecule has 0 radical (unpaired) electrons. The maximum Gasteiger partial charge on any atom is 0.333 e. The summed E-state index contributed by atoms with van der Waals surface area (Å²) >= 11 is 0. The summed E-state index contributed by atoms with van der Waals surface area (Å²) in [6.07, 6.45) is -0.929. The zero-order valence-corrected chi connectivity index (χ0v) is 9.65. The van der Waals surface area contributed by atoms with Crippen LogP contribution in [-0.2, 0) is 9.13 Å². The van der Waals surface area contributed by atoms with Crippen LogP contribution in [0.3, 0.4) is 0 Å². The Morgan fingerprint density at radius 2 is 1.64 bits per heavy atom. The predicted octanol–water partition coefficient (Wildman–Crippen LogP) is -0.552.